The number of aliphatic hydroxyl groups is 1. The highest BCUT2D eigenvalue weighted by Crippen LogP contribution is 2.24. The van der Waals surface area contributed by atoms with Gasteiger partial charge in [0.15, 0.2) is 6.10 Å². The van der Waals surface area contributed by atoms with Crippen LogP contribution in [0.5, 0.6) is 11.5 Å². The van der Waals surface area contributed by atoms with Crippen molar-refractivity contribution in [3.63, 3.8) is 0 Å². The van der Waals surface area contributed by atoms with E-state index in [4.69, 9.17) is 19.7 Å². The molecule has 3 N–H and O–H groups in total. The van der Waals surface area contributed by atoms with Crippen LogP contribution in [0.4, 0.5) is 0 Å². The lowest BCUT2D eigenvalue weighted by Gasteiger charge is -2.11. The molecule has 1 aromatic rings. The predicted octanol–water partition coefficient (Wildman–Crippen LogP) is -0.121. The average Bonchev–Trinajstić information content (AvgIpc) is 2.43. The molecule has 7 heteroatoms. The van der Waals surface area contributed by atoms with Crippen molar-refractivity contribution in [3.8, 4) is 11.5 Å². The van der Waals surface area contributed by atoms with Gasteiger partial charge in [-0.15, -0.1) is 0 Å². The number of ether oxygens (including phenoxy) is 2. The van der Waals surface area contributed by atoms with Gasteiger partial charge in [-0.2, -0.15) is 0 Å². The Hall–Kier alpha value is -2.28. The summed E-state index contributed by atoms with van der Waals surface area (Å²) in [4.78, 5) is 22.2. The smallest absolute Gasteiger partial charge is 0.334 e. The van der Waals surface area contributed by atoms with Crippen molar-refractivity contribution >= 4 is 11.9 Å². The minimum Gasteiger partial charge on any atom is -0.497 e. The highest BCUT2D eigenvalue weighted by atomic mass is 16.5. The zero-order valence-electron chi connectivity index (χ0n) is 10.5. The molecule has 0 aliphatic rings. The number of benzene rings is 1. The molecule has 0 fully saturated rings. The number of hydrogen-bond acceptors (Lipinski definition) is 5. The van der Waals surface area contributed by atoms with E-state index in [1.54, 1.807) is 6.07 Å². The third-order valence-corrected chi connectivity index (χ3v) is 2.39. The van der Waals surface area contributed by atoms with Crippen LogP contribution in [0.1, 0.15) is 10.4 Å². The molecule has 1 atom stereocenters. The van der Waals surface area contributed by atoms with Crippen molar-refractivity contribution in [3.05, 3.63) is 23.8 Å². The van der Waals surface area contributed by atoms with Gasteiger partial charge in [0.05, 0.1) is 26.3 Å². The molecular formula is C12H15NO6. The Kier molecular flexibility index (Phi) is 5.13. The first-order valence-corrected chi connectivity index (χ1v) is 5.40. The van der Waals surface area contributed by atoms with E-state index < -0.39 is 18.0 Å². The van der Waals surface area contributed by atoms with E-state index in [9.17, 15) is 9.59 Å². The molecule has 0 saturated carbocycles. The van der Waals surface area contributed by atoms with Gasteiger partial charge in [0.25, 0.3) is 5.91 Å². The molecule has 1 amide bonds. The average molecular weight is 269 g/mol. The van der Waals surface area contributed by atoms with E-state index in [2.05, 4.69) is 5.32 Å². The Morgan fingerprint density at radius 2 is 2.00 bits per heavy atom. The first-order valence-electron chi connectivity index (χ1n) is 5.40. The van der Waals surface area contributed by atoms with Crippen molar-refractivity contribution in [2.75, 3.05) is 20.8 Å². The van der Waals surface area contributed by atoms with Gasteiger partial charge in [0.1, 0.15) is 11.5 Å². The molecule has 0 bridgehead atoms. The molecule has 104 valence electrons. The quantitative estimate of drug-likeness (QED) is 0.665. The molecule has 1 aromatic carbocycles. The fourth-order valence-electron chi connectivity index (χ4n) is 1.36. The molecule has 0 radical (unpaired) electrons. The van der Waals surface area contributed by atoms with E-state index >= 15 is 0 Å². The Labute approximate surface area is 109 Å². The standard InChI is InChI=1S/C12H15NO6/c1-18-7-3-4-8(10(5-7)19-2)11(15)13-6-9(14)12(16)17/h3-5,9,14H,6H2,1-2H3,(H,13,15)(H,16,17). The van der Waals surface area contributed by atoms with E-state index in [0.717, 1.165) is 0 Å². The number of carboxylic acid groups (broad SMARTS) is 1. The second-order valence-corrected chi connectivity index (χ2v) is 3.63. The summed E-state index contributed by atoms with van der Waals surface area (Å²) in [6.07, 6.45) is -1.65. The number of methoxy groups -OCH3 is 2. The topological polar surface area (TPSA) is 105 Å². The summed E-state index contributed by atoms with van der Waals surface area (Å²) in [6, 6.07) is 4.59. The molecule has 0 saturated heterocycles. The maximum atomic E-state index is 11.8. The molecule has 1 unspecified atom stereocenters. The normalized spacial score (nSPS) is 11.5. The molecule has 19 heavy (non-hydrogen) atoms. The number of carbonyl (C=O) groups excluding carboxylic acids is 1. The number of amides is 1. The Bertz CT molecular complexity index is 473. The van der Waals surface area contributed by atoms with Gasteiger partial charge < -0.3 is 25.0 Å². The van der Waals surface area contributed by atoms with Crippen LogP contribution in [0.3, 0.4) is 0 Å². The largest absolute Gasteiger partial charge is 0.497 e. The number of aliphatic carboxylic acids is 1. The van der Waals surface area contributed by atoms with Gasteiger partial charge >= 0.3 is 5.97 Å². The van der Waals surface area contributed by atoms with Gasteiger partial charge in [-0.05, 0) is 12.1 Å². The third kappa shape index (κ3) is 3.85. The van der Waals surface area contributed by atoms with E-state index in [0.29, 0.717) is 11.5 Å². The second kappa shape index (κ2) is 6.60. The fourth-order valence-corrected chi connectivity index (χ4v) is 1.36. The first kappa shape index (κ1) is 14.8. The number of hydrogen-bond donors (Lipinski definition) is 3. The summed E-state index contributed by atoms with van der Waals surface area (Å²) >= 11 is 0. The zero-order chi connectivity index (χ0) is 14.4. The summed E-state index contributed by atoms with van der Waals surface area (Å²) in [6.45, 7) is -0.386. The molecule has 0 aromatic heterocycles. The summed E-state index contributed by atoms with van der Waals surface area (Å²) in [7, 11) is 2.88. The SMILES string of the molecule is COc1ccc(C(=O)NCC(O)C(=O)O)c(OC)c1. The first-order chi connectivity index (χ1) is 8.99. The van der Waals surface area contributed by atoms with Crippen LogP contribution in [0.15, 0.2) is 18.2 Å². The van der Waals surface area contributed by atoms with Crippen LogP contribution in [-0.2, 0) is 4.79 Å². The maximum absolute atomic E-state index is 11.8. The Morgan fingerprint density at radius 1 is 1.32 bits per heavy atom. The lowest BCUT2D eigenvalue weighted by molar-refractivity contribution is -0.146. The molecule has 0 heterocycles. The van der Waals surface area contributed by atoms with Crippen molar-refractivity contribution < 1.29 is 29.3 Å². The maximum Gasteiger partial charge on any atom is 0.334 e. The molecule has 1 rings (SSSR count). The van der Waals surface area contributed by atoms with Gasteiger partial charge in [0.2, 0.25) is 0 Å². The molecule has 7 nitrogen and oxygen atoms in total. The highest BCUT2D eigenvalue weighted by Gasteiger charge is 2.17. The van der Waals surface area contributed by atoms with Crippen LogP contribution in [0.2, 0.25) is 0 Å². The number of aliphatic hydroxyl groups excluding tert-OH is 1. The second-order valence-electron chi connectivity index (χ2n) is 3.63. The fraction of sp³-hybridized carbons (Fsp3) is 0.333. The summed E-state index contributed by atoms with van der Waals surface area (Å²) in [5.41, 5.74) is 0.223. The van der Waals surface area contributed by atoms with E-state index in [-0.39, 0.29) is 12.1 Å². The zero-order valence-corrected chi connectivity index (χ0v) is 10.5. The number of rotatable bonds is 6. The van der Waals surface area contributed by atoms with Crippen LogP contribution in [0.25, 0.3) is 0 Å². The van der Waals surface area contributed by atoms with Crippen LogP contribution >= 0.6 is 0 Å². The number of carboxylic acids is 1. The van der Waals surface area contributed by atoms with E-state index in [1.807, 2.05) is 0 Å². The van der Waals surface area contributed by atoms with Crippen molar-refractivity contribution in [1.29, 1.82) is 0 Å². The van der Waals surface area contributed by atoms with Crippen molar-refractivity contribution in [1.82, 2.24) is 5.32 Å². The lowest BCUT2D eigenvalue weighted by Crippen LogP contribution is -2.36. The highest BCUT2D eigenvalue weighted by molar-refractivity contribution is 5.97. The Balaban J connectivity index is 2.79. The third-order valence-electron chi connectivity index (χ3n) is 2.39. The summed E-state index contributed by atoms with van der Waals surface area (Å²) in [5, 5.41) is 19.9. The monoisotopic (exact) mass is 269 g/mol. The predicted molar refractivity (Wildman–Crippen MR) is 65.5 cm³/mol. The Morgan fingerprint density at radius 3 is 2.53 bits per heavy atom. The lowest BCUT2D eigenvalue weighted by atomic mass is 10.1. The van der Waals surface area contributed by atoms with Gasteiger partial charge in [0, 0.05) is 6.07 Å². The minimum absolute atomic E-state index is 0.223. The summed E-state index contributed by atoms with van der Waals surface area (Å²) < 4.78 is 10.0. The van der Waals surface area contributed by atoms with Crippen LogP contribution in [-0.4, -0.2) is 49.0 Å². The van der Waals surface area contributed by atoms with Gasteiger partial charge in [-0.1, -0.05) is 0 Å². The molecule has 0 aliphatic heterocycles. The van der Waals surface area contributed by atoms with Crippen LogP contribution < -0.4 is 14.8 Å². The van der Waals surface area contributed by atoms with Gasteiger partial charge in [-0.25, -0.2) is 4.79 Å². The minimum atomic E-state index is -1.65. The van der Waals surface area contributed by atoms with E-state index in [1.165, 1.54) is 26.4 Å². The summed E-state index contributed by atoms with van der Waals surface area (Å²) in [5.74, 6) is -1.12. The number of carbonyl (C=O) groups is 2. The molecular weight excluding hydrogens is 254 g/mol. The molecule has 0 spiro atoms. The van der Waals surface area contributed by atoms with Crippen molar-refractivity contribution in [2.45, 2.75) is 6.10 Å². The number of nitrogens with one attached hydrogen (secondary N) is 1. The van der Waals surface area contributed by atoms with Gasteiger partial charge in [-0.3, -0.25) is 4.79 Å². The van der Waals surface area contributed by atoms with Crippen molar-refractivity contribution in [2.24, 2.45) is 0 Å². The van der Waals surface area contributed by atoms with Crippen LogP contribution in [0, 0.1) is 0 Å². The molecule has 0 aliphatic carbocycles.